The average Bonchev–Trinajstić information content (AvgIpc) is 3.45. The minimum absolute atomic E-state index is 0. The van der Waals surface area contributed by atoms with Crippen molar-refractivity contribution < 1.29 is 43.4 Å². The van der Waals surface area contributed by atoms with Crippen molar-refractivity contribution in [3.05, 3.63) is 122 Å². The Morgan fingerprint density at radius 3 is 1.32 bits per heavy atom. The van der Waals surface area contributed by atoms with Gasteiger partial charge in [-0.2, -0.15) is 26.9 Å². The van der Waals surface area contributed by atoms with E-state index in [-0.39, 0.29) is 58.3 Å². The summed E-state index contributed by atoms with van der Waals surface area (Å²) in [6.07, 6.45) is 17.8. The van der Waals surface area contributed by atoms with Crippen LogP contribution in [0.2, 0.25) is 0 Å². The van der Waals surface area contributed by atoms with Gasteiger partial charge in [-0.3, -0.25) is 0 Å². The summed E-state index contributed by atoms with van der Waals surface area (Å²) in [5, 5.41) is 0. The van der Waals surface area contributed by atoms with Gasteiger partial charge in [0.15, 0.2) is 0 Å². The third-order valence-electron chi connectivity index (χ3n) is 5.63. The fraction of sp³-hybridized carbons (Fsp3) is 0.355. The molecule has 0 heterocycles. The van der Waals surface area contributed by atoms with Gasteiger partial charge in [0.05, 0.1) is 0 Å². The van der Waals surface area contributed by atoms with E-state index in [9.17, 15) is 0 Å². The second kappa shape index (κ2) is 26.0. The van der Waals surface area contributed by atoms with E-state index in [2.05, 4.69) is 96.6 Å². The molecule has 0 saturated carbocycles. The Labute approximate surface area is 264 Å². The number of benzene rings is 2. The van der Waals surface area contributed by atoms with E-state index < -0.39 is 0 Å². The zero-order chi connectivity index (χ0) is 23.7. The van der Waals surface area contributed by atoms with Crippen LogP contribution >= 0.6 is 0 Å². The van der Waals surface area contributed by atoms with Crippen LogP contribution in [0, 0.1) is 28.7 Å². The Morgan fingerprint density at radius 2 is 0.973 bits per heavy atom. The summed E-state index contributed by atoms with van der Waals surface area (Å²) < 4.78 is 0. The predicted octanol–water partition coefficient (Wildman–Crippen LogP) is 9.04. The Balaban J connectivity index is -0.000000451. The molecular weight excluding hydrogens is 552 g/mol. The van der Waals surface area contributed by atoms with Crippen LogP contribution in [0.4, 0.5) is 0 Å². The fourth-order valence-electron chi connectivity index (χ4n) is 3.89. The first-order valence-electron chi connectivity index (χ1n) is 12.1. The third kappa shape index (κ3) is 15.2. The molecule has 6 heteroatoms. The number of allylic oxidation sites excluding steroid dienone is 2. The van der Waals surface area contributed by atoms with Crippen molar-refractivity contribution in [1.82, 2.24) is 0 Å². The maximum Gasteiger partial charge on any atom is 4.00 e. The normalized spacial score (nSPS) is 15.1. The molecule has 192 valence electrons. The molecule has 37 heavy (non-hydrogen) atoms. The molecule has 4 radical (unpaired) electrons. The van der Waals surface area contributed by atoms with Crippen LogP contribution in [-0.2, 0) is 43.4 Å². The van der Waals surface area contributed by atoms with Crippen molar-refractivity contribution in [1.29, 1.82) is 0 Å². The van der Waals surface area contributed by atoms with Crippen molar-refractivity contribution in [3.63, 3.8) is 0 Å². The minimum atomic E-state index is 0. The molecule has 2 aromatic carbocycles. The zero-order valence-electron chi connectivity index (χ0n) is 23.3. The van der Waals surface area contributed by atoms with Gasteiger partial charge in [0.1, 0.15) is 0 Å². The van der Waals surface area contributed by atoms with Gasteiger partial charge < -0.3 is 38.7 Å². The monoisotopic (exact) mass is 596 g/mol. The van der Waals surface area contributed by atoms with Crippen molar-refractivity contribution in [2.24, 2.45) is 0 Å². The molecule has 0 amide bonds. The van der Waals surface area contributed by atoms with Crippen LogP contribution < -0.4 is 0 Å². The molecule has 0 spiro atoms. The van der Waals surface area contributed by atoms with E-state index in [0.29, 0.717) is 30.4 Å². The molecule has 0 N–H and O–H groups in total. The van der Waals surface area contributed by atoms with Crippen LogP contribution in [-0.4, -0.2) is 33.5 Å². The van der Waals surface area contributed by atoms with Crippen molar-refractivity contribution in [3.8, 4) is 0 Å². The SMILES string of the molecule is C[N-][Si]C1C=Cc2ccccc21.C[N-][Si]C1C=Cc2ccccc21.[CH2-]CCCCCCC[CH2-].[CH3-].[CH3-].[Ti+4].[Ti+4]. The first kappa shape index (κ1) is 41.2. The Bertz CT molecular complexity index is 789. The largest absolute Gasteiger partial charge is 4.00 e. The number of fused-ring (bicyclic) bond motifs is 2. The van der Waals surface area contributed by atoms with E-state index in [0.717, 1.165) is 12.8 Å². The zero-order valence-corrected chi connectivity index (χ0v) is 28.5. The van der Waals surface area contributed by atoms with Gasteiger partial charge in [-0.05, 0) is 33.3 Å². The van der Waals surface area contributed by atoms with Gasteiger partial charge in [-0.15, -0.1) is 0 Å². The summed E-state index contributed by atoms with van der Waals surface area (Å²) in [5.74, 6) is 0. The van der Waals surface area contributed by atoms with Crippen molar-refractivity contribution in [2.75, 3.05) is 14.1 Å². The topological polar surface area (TPSA) is 28.2 Å². The molecule has 2 aliphatic carbocycles. The summed E-state index contributed by atoms with van der Waals surface area (Å²) in [6.45, 7) is 7.58. The molecule has 2 aromatic rings. The second-order valence-electron chi connectivity index (χ2n) is 8.11. The Hall–Kier alpha value is -0.298. The predicted molar refractivity (Wildman–Crippen MR) is 162 cm³/mol. The standard InChI is InChI=1S/2C10H10NSi.C9H18.2CH3.2Ti/c2*1-11-12-10-7-6-8-4-2-3-5-9(8)10;1-3-5-7-9-8-6-4-2;;;;/h2*2-7,10H,1H3;1-9H2;2*1H3;;/q2*-1;-2;2*-1;2*+4. The fourth-order valence-corrected chi connectivity index (χ4v) is 5.61. The Morgan fingerprint density at radius 1 is 0.622 bits per heavy atom. The van der Waals surface area contributed by atoms with E-state index >= 15 is 0 Å². The van der Waals surface area contributed by atoms with Crippen LogP contribution in [0.3, 0.4) is 0 Å². The summed E-state index contributed by atoms with van der Waals surface area (Å²) in [5.41, 5.74) is 6.68. The molecule has 0 saturated heterocycles. The molecule has 0 aromatic heterocycles. The molecule has 0 aliphatic heterocycles. The summed E-state index contributed by atoms with van der Waals surface area (Å²) in [6, 6.07) is 17.1. The quantitative estimate of drug-likeness (QED) is 0.149. The molecule has 2 unspecified atom stereocenters. The average molecular weight is 597 g/mol. The molecule has 2 nitrogen and oxygen atoms in total. The maximum atomic E-state index is 4.19. The van der Waals surface area contributed by atoms with E-state index in [4.69, 9.17) is 0 Å². The van der Waals surface area contributed by atoms with Crippen LogP contribution in [0.25, 0.3) is 22.1 Å². The summed E-state index contributed by atoms with van der Waals surface area (Å²) in [4.78, 5) is 8.39. The molecule has 2 atom stereocenters. The van der Waals surface area contributed by atoms with E-state index in [1.54, 1.807) is 0 Å². The molecule has 0 bridgehead atoms. The number of hydrogen-bond donors (Lipinski definition) is 0. The number of nitrogens with zero attached hydrogens (tertiary/aromatic N) is 2. The summed E-state index contributed by atoms with van der Waals surface area (Å²) in [7, 11) is 5.11. The second-order valence-corrected chi connectivity index (χ2v) is 10.8. The van der Waals surface area contributed by atoms with E-state index in [1.807, 2.05) is 14.1 Å². The number of hydrogen-bond acceptors (Lipinski definition) is 0. The van der Waals surface area contributed by atoms with Crippen molar-refractivity contribution in [2.45, 2.75) is 56.0 Å². The van der Waals surface area contributed by atoms with E-state index in [1.165, 1.54) is 54.4 Å². The number of rotatable bonds is 10. The van der Waals surface area contributed by atoms with Gasteiger partial charge in [-0.25, -0.2) is 0 Å². The van der Waals surface area contributed by atoms with Gasteiger partial charge in [0.2, 0.25) is 0 Å². The molecule has 4 rings (SSSR count). The smallest absolute Gasteiger partial charge is 0.672 e. The first-order valence-corrected chi connectivity index (χ1v) is 14.1. The molecular formula is C31H44N2Si2Ti2+2. The van der Waals surface area contributed by atoms with Crippen LogP contribution in [0.5, 0.6) is 0 Å². The van der Waals surface area contributed by atoms with Crippen LogP contribution in [0.1, 0.15) is 78.3 Å². The summed E-state index contributed by atoms with van der Waals surface area (Å²) >= 11 is 0. The third-order valence-corrected chi connectivity index (χ3v) is 7.71. The first-order chi connectivity index (χ1) is 16.2. The van der Waals surface area contributed by atoms with Crippen LogP contribution in [0.15, 0.2) is 60.7 Å². The van der Waals surface area contributed by atoms with Gasteiger partial charge in [-0.1, -0.05) is 124 Å². The minimum Gasteiger partial charge on any atom is -0.672 e. The Kier molecular flexibility index (Phi) is 28.9. The molecule has 2 aliphatic rings. The number of unbranched alkanes of at least 4 members (excludes halogenated alkanes) is 6. The van der Waals surface area contributed by atoms with Crippen molar-refractivity contribution >= 4 is 31.5 Å². The van der Waals surface area contributed by atoms with Gasteiger partial charge in [0, 0.05) is 0 Å². The van der Waals surface area contributed by atoms with Gasteiger partial charge in [0.25, 0.3) is 0 Å². The maximum absolute atomic E-state index is 4.19. The van der Waals surface area contributed by atoms with Gasteiger partial charge >= 0.3 is 43.4 Å². The molecule has 0 fully saturated rings.